The third-order valence-corrected chi connectivity index (χ3v) is 2.89. The average Bonchev–Trinajstić information content (AvgIpc) is 2.42. The fourth-order valence-electron chi connectivity index (χ4n) is 1.86. The fourth-order valence-corrected chi connectivity index (χ4v) is 1.86. The van der Waals surface area contributed by atoms with Gasteiger partial charge in [0.25, 0.3) is 0 Å². The number of pyridine rings is 1. The van der Waals surface area contributed by atoms with Crippen LogP contribution in [0.25, 0.3) is 10.9 Å². The number of aliphatic hydroxyl groups is 1. The maximum absolute atomic E-state index is 9.94. The Hall–Kier alpha value is -1.65. The number of para-hydroxylation sites is 1. The van der Waals surface area contributed by atoms with Crippen molar-refractivity contribution < 1.29 is 9.84 Å². The van der Waals surface area contributed by atoms with E-state index in [1.807, 2.05) is 30.3 Å². The summed E-state index contributed by atoms with van der Waals surface area (Å²) in [6, 6.07) is 9.69. The average molecular weight is 274 g/mol. The van der Waals surface area contributed by atoms with Gasteiger partial charge in [0.05, 0.1) is 0 Å². The van der Waals surface area contributed by atoms with Gasteiger partial charge >= 0.3 is 0 Å². The molecule has 1 aromatic heterocycles. The van der Waals surface area contributed by atoms with Gasteiger partial charge < -0.3 is 15.2 Å². The Morgan fingerprint density at radius 3 is 2.75 bits per heavy atom. The molecule has 2 N–H and O–H groups in total. The molecule has 4 heteroatoms. The largest absolute Gasteiger partial charge is 0.489 e. The van der Waals surface area contributed by atoms with Gasteiger partial charge in [0.1, 0.15) is 24.0 Å². The van der Waals surface area contributed by atoms with Crippen molar-refractivity contribution in [2.24, 2.45) is 0 Å². The number of benzene rings is 1. The summed E-state index contributed by atoms with van der Waals surface area (Å²) in [4.78, 5) is 4.32. The van der Waals surface area contributed by atoms with Crippen LogP contribution in [-0.4, -0.2) is 34.9 Å². The monoisotopic (exact) mass is 274 g/mol. The minimum Gasteiger partial charge on any atom is -0.489 e. The Balaban J connectivity index is 1.96. The maximum Gasteiger partial charge on any atom is 0.145 e. The number of hydrogen-bond acceptors (Lipinski definition) is 4. The normalized spacial score (nSPS) is 13.4. The van der Waals surface area contributed by atoms with Crippen LogP contribution in [0.2, 0.25) is 0 Å². The highest BCUT2D eigenvalue weighted by Gasteiger charge is 2.13. The lowest BCUT2D eigenvalue weighted by molar-refractivity contribution is 0.101. The highest BCUT2D eigenvalue weighted by atomic mass is 16.5. The number of ether oxygens (including phenoxy) is 1. The SMILES string of the molecule is CC(C)(C)NCC(O)COc1cccc2cccnc12. The summed E-state index contributed by atoms with van der Waals surface area (Å²) in [7, 11) is 0. The van der Waals surface area contributed by atoms with Crippen molar-refractivity contribution >= 4 is 10.9 Å². The number of fused-ring (bicyclic) bond motifs is 1. The molecule has 2 rings (SSSR count). The van der Waals surface area contributed by atoms with Crippen LogP contribution in [0.15, 0.2) is 36.5 Å². The summed E-state index contributed by atoms with van der Waals surface area (Å²) in [5, 5.41) is 14.2. The molecule has 0 amide bonds. The first-order chi connectivity index (χ1) is 9.46. The van der Waals surface area contributed by atoms with Crippen LogP contribution in [0.3, 0.4) is 0 Å². The molecule has 0 fully saturated rings. The van der Waals surface area contributed by atoms with Crippen LogP contribution < -0.4 is 10.1 Å². The van der Waals surface area contributed by atoms with Gasteiger partial charge in [0.15, 0.2) is 0 Å². The van der Waals surface area contributed by atoms with Gasteiger partial charge in [-0.1, -0.05) is 18.2 Å². The molecule has 2 aromatic rings. The topological polar surface area (TPSA) is 54.4 Å². The van der Waals surface area contributed by atoms with Gasteiger partial charge in [0.2, 0.25) is 0 Å². The second kappa shape index (κ2) is 6.20. The summed E-state index contributed by atoms with van der Waals surface area (Å²) < 4.78 is 5.69. The van der Waals surface area contributed by atoms with Crippen molar-refractivity contribution in [2.45, 2.75) is 32.4 Å². The summed E-state index contributed by atoms with van der Waals surface area (Å²) in [5.41, 5.74) is 0.813. The first-order valence-corrected chi connectivity index (χ1v) is 6.85. The van der Waals surface area contributed by atoms with Crippen molar-refractivity contribution in [3.8, 4) is 5.75 Å². The van der Waals surface area contributed by atoms with E-state index in [-0.39, 0.29) is 12.1 Å². The zero-order chi connectivity index (χ0) is 14.6. The fraction of sp³-hybridized carbons (Fsp3) is 0.438. The van der Waals surface area contributed by atoms with E-state index in [1.165, 1.54) is 0 Å². The molecular weight excluding hydrogens is 252 g/mol. The summed E-state index contributed by atoms with van der Waals surface area (Å²) in [6.07, 6.45) is 1.19. The molecule has 20 heavy (non-hydrogen) atoms. The van der Waals surface area contributed by atoms with Crippen LogP contribution in [-0.2, 0) is 0 Å². The van der Waals surface area contributed by atoms with Crippen molar-refractivity contribution in [3.05, 3.63) is 36.5 Å². The van der Waals surface area contributed by atoms with E-state index in [4.69, 9.17) is 4.74 Å². The second-order valence-corrected chi connectivity index (χ2v) is 5.93. The predicted molar refractivity (Wildman–Crippen MR) is 81.0 cm³/mol. The molecule has 108 valence electrons. The van der Waals surface area contributed by atoms with Crippen molar-refractivity contribution in [1.82, 2.24) is 10.3 Å². The Labute approximate surface area is 119 Å². The zero-order valence-corrected chi connectivity index (χ0v) is 12.3. The standard InChI is InChI=1S/C16H22N2O2/c1-16(2,3)18-10-13(19)11-20-14-8-4-6-12-7-5-9-17-15(12)14/h4-9,13,18-19H,10-11H2,1-3H3. The molecule has 1 unspecified atom stereocenters. The highest BCUT2D eigenvalue weighted by Crippen LogP contribution is 2.22. The Morgan fingerprint density at radius 2 is 2.00 bits per heavy atom. The van der Waals surface area contributed by atoms with E-state index in [0.717, 1.165) is 10.9 Å². The lowest BCUT2D eigenvalue weighted by Gasteiger charge is -2.23. The summed E-state index contributed by atoms with van der Waals surface area (Å²) in [6.45, 7) is 6.94. The number of aromatic nitrogens is 1. The van der Waals surface area contributed by atoms with Gasteiger partial charge in [-0.3, -0.25) is 4.98 Å². The van der Waals surface area contributed by atoms with Gasteiger partial charge in [-0.25, -0.2) is 0 Å². The van der Waals surface area contributed by atoms with Gasteiger partial charge in [-0.15, -0.1) is 0 Å². The molecule has 0 aliphatic carbocycles. The van der Waals surface area contributed by atoms with Crippen LogP contribution in [0, 0.1) is 0 Å². The molecule has 0 spiro atoms. The van der Waals surface area contributed by atoms with E-state index < -0.39 is 6.10 Å². The van der Waals surface area contributed by atoms with Crippen molar-refractivity contribution in [2.75, 3.05) is 13.2 Å². The number of aliphatic hydroxyl groups excluding tert-OH is 1. The summed E-state index contributed by atoms with van der Waals surface area (Å²) >= 11 is 0. The smallest absolute Gasteiger partial charge is 0.145 e. The highest BCUT2D eigenvalue weighted by molar-refractivity contribution is 5.84. The molecule has 0 bridgehead atoms. The molecule has 1 heterocycles. The second-order valence-electron chi connectivity index (χ2n) is 5.93. The molecule has 0 saturated carbocycles. The third-order valence-electron chi connectivity index (χ3n) is 2.89. The summed E-state index contributed by atoms with van der Waals surface area (Å²) in [5.74, 6) is 0.706. The van der Waals surface area contributed by atoms with Crippen molar-refractivity contribution in [3.63, 3.8) is 0 Å². The molecular formula is C16H22N2O2. The lowest BCUT2D eigenvalue weighted by atomic mass is 10.1. The van der Waals surface area contributed by atoms with Crippen molar-refractivity contribution in [1.29, 1.82) is 0 Å². The minimum absolute atomic E-state index is 0.0119. The number of nitrogens with one attached hydrogen (secondary N) is 1. The van der Waals surface area contributed by atoms with E-state index >= 15 is 0 Å². The minimum atomic E-state index is -0.548. The molecule has 0 saturated heterocycles. The van der Waals surface area contributed by atoms with E-state index in [0.29, 0.717) is 12.3 Å². The lowest BCUT2D eigenvalue weighted by Crippen LogP contribution is -2.42. The number of β-amino-alcohol motifs (C(OH)–C–C–N with tert-alkyl or cyclic N) is 1. The number of hydrogen-bond donors (Lipinski definition) is 2. The molecule has 0 radical (unpaired) electrons. The number of nitrogens with zero attached hydrogens (tertiary/aromatic N) is 1. The Kier molecular flexibility index (Phi) is 4.57. The first kappa shape index (κ1) is 14.8. The zero-order valence-electron chi connectivity index (χ0n) is 12.3. The molecule has 0 aliphatic heterocycles. The number of rotatable bonds is 5. The molecule has 1 atom stereocenters. The van der Waals surface area contributed by atoms with Crippen LogP contribution in [0.4, 0.5) is 0 Å². The first-order valence-electron chi connectivity index (χ1n) is 6.85. The predicted octanol–water partition coefficient (Wildman–Crippen LogP) is 2.36. The Bertz CT molecular complexity index is 558. The van der Waals surface area contributed by atoms with Gasteiger partial charge in [-0.05, 0) is 32.9 Å². The van der Waals surface area contributed by atoms with Crippen LogP contribution >= 0.6 is 0 Å². The molecule has 1 aromatic carbocycles. The van der Waals surface area contributed by atoms with E-state index in [9.17, 15) is 5.11 Å². The molecule has 0 aliphatic rings. The quantitative estimate of drug-likeness (QED) is 0.879. The van der Waals surface area contributed by atoms with Crippen LogP contribution in [0.1, 0.15) is 20.8 Å². The molecule has 4 nitrogen and oxygen atoms in total. The van der Waals surface area contributed by atoms with Crippen LogP contribution in [0.5, 0.6) is 5.75 Å². The van der Waals surface area contributed by atoms with E-state index in [2.05, 4.69) is 31.1 Å². The van der Waals surface area contributed by atoms with E-state index in [1.54, 1.807) is 6.20 Å². The Morgan fingerprint density at radius 1 is 1.25 bits per heavy atom. The third kappa shape index (κ3) is 4.18. The van der Waals surface area contributed by atoms with Gasteiger partial charge in [-0.2, -0.15) is 0 Å². The maximum atomic E-state index is 9.94. The van der Waals surface area contributed by atoms with Gasteiger partial charge in [0, 0.05) is 23.7 Å².